The molecular weight excluding hydrogens is 178 g/mol. The molecule has 14 heavy (non-hydrogen) atoms. The Morgan fingerprint density at radius 3 is 2.21 bits per heavy atom. The van der Waals surface area contributed by atoms with Crippen LogP contribution in [-0.4, -0.2) is 16.1 Å². The Morgan fingerprint density at radius 1 is 1.29 bits per heavy atom. The van der Waals surface area contributed by atoms with Gasteiger partial charge >= 0.3 is 0 Å². The van der Waals surface area contributed by atoms with Crippen molar-refractivity contribution < 1.29 is 4.74 Å². The molecule has 1 aromatic rings. The predicted octanol–water partition coefficient (Wildman–Crippen LogP) is 1.72. The third-order valence-corrected chi connectivity index (χ3v) is 1.74. The summed E-state index contributed by atoms with van der Waals surface area (Å²) in [4.78, 5) is 8.28. The van der Waals surface area contributed by atoms with Gasteiger partial charge in [-0.3, -0.25) is 0 Å². The smallest absolute Gasteiger partial charge is 0.159 e. The molecule has 2 N–H and O–H groups in total. The van der Waals surface area contributed by atoms with Gasteiger partial charge in [-0.1, -0.05) is 0 Å². The molecule has 0 amide bonds. The lowest BCUT2D eigenvalue weighted by Gasteiger charge is -2.25. The third kappa shape index (κ3) is 2.67. The van der Waals surface area contributed by atoms with Crippen molar-refractivity contribution in [1.82, 2.24) is 9.97 Å². The quantitative estimate of drug-likeness (QED) is 0.797. The Morgan fingerprint density at radius 2 is 1.79 bits per heavy atom. The van der Waals surface area contributed by atoms with Crippen LogP contribution >= 0.6 is 0 Å². The molecule has 0 bridgehead atoms. The fourth-order valence-electron chi connectivity index (χ4n) is 1.29. The molecule has 0 saturated carbocycles. The molecule has 4 heteroatoms. The second kappa shape index (κ2) is 3.92. The standard InChI is InChI=1S/C10H17N3O/c1-7(2)14-10(3,4)9-12-5-8(11)6-13-9/h5-7H,11H2,1-4H3. The minimum atomic E-state index is -0.470. The van der Waals surface area contributed by atoms with Crippen LogP contribution in [0.1, 0.15) is 33.5 Å². The molecule has 0 spiro atoms. The summed E-state index contributed by atoms with van der Waals surface area (Å²) in [6, 6.07) is 0. The van der Waals surface area contributed by atoms with Crippen LogP contribution in [0.2, 0.25) is 0 Å². The summed E-state index contributed by atoms with van der Waals surface area (Å²) in [6.45, 7) is 7.86. The highest BCUT2D eigenvalue weighted by atomic mass is 16.5. The highest BCUT2D eigenvalue weighted by Gasteiger charge is 2.25. The molecular formula is C10H17N3O. The average Bonchev–Trinajstić information content (AvgIpc) is 2.02. The zero-order valence-electron chi connectivity index (χ0n) is 9.11. The van der Waals surface area contributed by atoms with Crippen molar-refractivity contribution in [2.24, 2.45) is 0 Å². The molecule has 0 unspecified atom stereocenters. The summed E-state index contributed by atoms with van der Waals surface area (Å²) in [5.74, 6) is 0.653. The Bertz CT molecular complexity index is 293. The molecule has 78 valence electrons. The van der Waals surface area contributed by atoms with Crippen LogP contribution < -0.4 is 5.73 Å². The van der Waals surface area contributed by atoms with E-state index in [9.17, 15) is 0 Å². The van der Waals surface area contributed by atoms with Crippen LogP contribution in [-0.2, 0) is 10.3 Å². The Labute approximate surface area is 84.5 Å². The van der Waals surface area contributed by atoms with Gasteiger partial charge in [-0.2, -0.15) is 0 Å². The highest BCUT2D eigenvalue weighted by molar-refractivity contribution is 5.30. The minimum Gasteiger partial charge on any atom is -0.396 e. The maximum atomic E-state index is 5.70. The number of nitrogens with two attached hydrogens (primary N) is 1. The maximum absolute atomic E-state index is 5.70. The van der Waals surface area contributed by atoms with E-state index in [-0.39, 0.29) is 6.10 Å². The summed E-state index contributed by atoms with van der Waals surface area (Å²) in [5.41, 5.74) is 5.60. The fourth-order valence-corrected chi connectivity index (χ4v) is 1.29. The Hall–Kier alpha value is -1.16. The second-order valence-corrected chi connectivity index (χ2v) is 4.02. The topological polar surface area (TPSA) is 61.0 Å². The van der Waals surface area contributed by atoms with Crippen LogP contribution in [0.3, 0.4) is 0 Å². The molecule has 0 fully saturated rings. The van der Waals surface area contributed by atoms with Gasteiger partial charge in [0.05, 0.1) is 24.2 Å². The van der Waals surface area contributed by atoms with Crippen LogP contribution in [0.25, 0.3) is 0 Å². The highest BCUT2D eigenvalue weighted by Crippen LogP contribution is 2.22. The van der Waals surface area contributed by atoms with Gasteiger partial charge in [-0.25, -0.2) is 9.97 Å². The number of rotatable bonds is 3. The fraction of sp³-hybridized carbons (Fsp3) is 0.600. The van der Waals surface area contributed by atoms with Gasteiger partial charge in [0, 0.05) is 0 Å². The number of anilines is 1. The summed E-state index contributed by atoms with van der Waals surface area (Å²) in [7, 11) is 0. The first-order chi connectivity index (χ1) is 6.42. The summed E-state index contributed by atoms with van der Waals surface area (Å²) >= 11 is 0. The van der Waals surface area contributed by atoms with Crippen molar-refractivity contribution in [2.75, 3.05) is 5.73 Å². The molecule has 0 aliphatic heterocycles. The van der Waals surface area contributed by atoms with E-state index in [2.05, 4.69) is 9.97 Å². The van der Waals surface area contributed by atoms with Crippen LogP contribution in [0.4, 0.5) is 5.69 Å². The van der Waals surface area contributed by atoms with Crippen LogP contribution in [0, 0.1) is 0 Å². The van der Waals surface area contributed by atoms with Gasteiger partial charge in [0.2, 0.25) is 0 Å². The summed E-state index contributed by atoms with van der Waals surface area (Å²) in [5, 5.41) is 0. The molecule has 0 aromatic carbocycles. The molecule has 1 rings (SSSR count). The minimum absolute atomic E-state index is 0.145. The number of ether oxygens (including phenoxy) is 1. The molecule has 0 aliphatic carbocycles. The molecule has 0 aliphatic rings. The van der Waals surface area contributed by atoms with Crippen molar-refractivity contribution in [3.8, 4) is 0 Å². The number of nitrogen functional groups attached to an aromatic ring is 1. The summed E-state index contributed by atoms with van der Waals surface area (Å²) in [6.07, 6.45) is 3.33. The zero-order valence-corrected chi connectivity index (χ0v) is 9.11. The van der Waals surface area contributed by atoms with Crippen molar-refractivity contribution in [3.05, 3.63) is 18.2 Å². The van der Waals surface area contributed by atoms with E-state index in [1.54, 1.807) is 12.4 Å². The molecule has 0 radical (unpaired) electrons. The van der Waals surface area contributed by atoms with Crippen LogP contribution in [0.5, 0.6) is 0 Å². The number of nitrogens with zero attached hydrogens (tertiary/aromatic N) is 2. The first kappa shape index (κ1) is 10.9. The largest absolute Gasteiger partial charge is 0.396 e. The normalized spacial score (nSPS) is 12.1. The maximum Gasteiger partial charge on any atom is 0.159 e. The molecule has 1 heterocycles. The van der Waals surface area contributed by atoms with E-state index in [0.717, 1.165) is 0 Å². The van der Waals surface area contributed by atoms with Gasteiger partial charge in [0.1, 0.15) is 5.60 Å². The van der Waals surface area contributed by atoms with Gasteiger partial charge in [0.15, 0.2) is 5.82 Å². The first-order valence-electron chi connectivity index (χ1n) is 4.67. The van der Waals surface area contributed by atoms with Crippen molar-refractivity contribution in [1.29, 1.82) is 0 Å². The summed E-state index contributed by atoms with van der Waals surface area (Å²) < 4.78 is 5.70. The zero-order chi connectivity index (χ0) is 10.8. The predicted molar refractivity (Wildman–Crippen MR) is 55.7 cm³/mol. The van der Waals surface area contributed by atoms with Crippen molar-refractivity contribution >= 4 is 5.69 Å². The lowest BCUT2D eigenvalue weighted by atomic mass is 10.1. The Kier molecular flexibility index (Phi) is 3.06. The van der Waals surface area contributed by atoms with E-state index in [0.29, 0.717) is 11.5 Å². The van der Waals surface area contributed by atoms with Crippen molar-refractivity contribution in [3.63, 3.8) is 0 Å². The van der Waals surface area contributed by atoms with E-state index in [1.807, 2.05) is 27.7 Å². The second-order valence-electron chi connectivity index (χ2n) is 4.02. The van der Waals surface area contributed by atoms with Crippen molar-refractivity contribution in [2.45, 2.75) is 39.4 Å². The lowest BCUT2D eigenvalue weighted by Crippen LogP contribution is -2.27. The third-order valence-electron chi connectivity index (χ3n) is 1.74. The number of hydrogen-bond acceptors (Lipinski definition) is 4. The van der Waals surface area contributed by atoms with Gasteiger partial charge < -0.3 is 10.5 Å². The van der Waals surface area contributed by atoms with Gasteiger partial charge in [-0.05, 0) is 27.7 Å². The van der Waals surface area contributed by atoms with Gasteiger partial charge in [-0.15, -0.1) is 0 Å². The van der Waals surface area contributed by atoms with Gasteiger partial charge in [0.25, 0.3) is 0 Å². The number of hydrogen-bond donors (Lipinski definition) is 1. The van der Waals surface area contributed by atoms with E-state index < -0.39 is 5.60 Å². The molecule has 0 saturated heterocycles. The lowest BCUT2D eigenvalue weighted by molar-refractivity contribution is -0.0656. The SMILES string of the molecule is CC(C)OC(C)(C)c1ncc(N)cn1. The molecule has 4 nitrogen and oxygen atoms in total. The molecule has 1 aromatic heterocycles. The van der Waals surface area contributed by atoms with E-state index >= 15 is 0 Å². The Balaban J connectivity index is 2.86. The van der Waals surface area contributed by atoms with E-state index in [4.69, 9.17) is 10.5 Å². The number of aromatic nitrogens is 2. The monoisotopic (exact) mass is 195 g/mol. The first-order valence-corrected chi connectivity index (χ1v) is 4.67. The van der Waals surface area contributed by atoms with E-state index in [1.165, 1.54) is 0 Å². The average molecular weight is 195 g/mol. The van der Waals surface area contributed by atoms with Crippen LogP contribution in [0.15, 0.2) is 12.4 Å². The molecule has 0 atom stereocenters.